The molecule has 9 nitrogen and oxygen atoms in total. The summed E-state index contributed by atoms with van der Waals surface area (Å²) in [5.41, 5.74) is -0.0928. The molecule has 1 amide bonds. The number of carbonyl (C=O) groups is 1. The number of ether oxygens (including phenoxy) is 1. The monoisotopic (exact) mass is 449 g/mol. The van der Waals surface area contributed by atoms with Gasteiger partial charge in [0.05, 0.1) is 36.3 Å². The first-order valence-electron chi connectivity index (χ1n) is 9.73. The summed E-state index contributed by atoms with van der Waals surface area (Å²) >= 11 is 0. The highest BCUT2D eigenvalue weighted by molar-refractivity contribution is 5.98. The Labute approximate surface area is 182 Å². The molecule has 1 N–H and O–H groups in total. The summed E-state index contributed by atoms with van der Waals surface area (Å²) in [6, 6.07) is 4.68. The van der Waals surface area contributed by atoms with Gasteiger partial charge in [0.15, 0.2) is 0 Å². The lowest BCUT2D eigenvalue weighted by Gasteiger charge is -2.29. The number of aromatic nitrogens is 5. The van der Waals surface area contributed by atoms with Crippen LogP contribution in [-0.4, -0.2) is 62.0 Å². The van der Waals surface area contributed by atoms with Crippen molar-refractivity contribution >= 4 is 11.9 Å². The van der Waals surface area contributed by atoms with Crippen LogP contribution in [0.15, 0.2) is 43.0 Å². The van der Waals surface area contributed by atoms with Gasteiger partial charge in [-0.3, -0.25) is 4.79 Å². The Kier molecular flexibility index (Phi) is 6.91. The summed E-state index contributed by atoms with van der Waals surface area (Å²) in [5.74, 6) is 0.266. The van der Waals surface area contributed by atoms with Gasteiger partial charge in [-0.05, 0) is 32.0 Å². The summed E-state index contributed by atoms with van der Waals surface area (Å²) in [4.78, 5) is 23.7. The molecule has 0 saturated carbocycles. The first-order chi connectivity index (χ1) is 15.2. The van der Waals surface area contributed by atoms with Crippen molar-refractivity contribution in [3.05, 3.63) is 54.1 Å². The van der Waals surface area contributed by atoms with Crippen LogP contribution in [0.2, 0.25) is 0 Å². The van der Waals surface area contributed by atoms with Gasteiger partial charge in [0, 0.05) is 31.5 Å². The van der Waals surface area contributed by atoms with E-state index in [1.807, 2.05) is 13.8 Å². The summed E-state index contributed by atoms with van der Waals surface area (Å²) in [6.07, 6.45) is -0.0702. The number of benzene rings is 1. The average molecular weight is 449 g/mol. The molecule has 1 unspecified atom stereocenters. The molecule has 0 aliphatic carbocycles. The molecule has 0 radical (unpaired) electrons. The lowest BCUT2D eigenvalue weighted by atomic mass is 10.1. The Balaban J connectivity index is 1.77. The highest BCUT2D eigenvalue weighted by atomic mass is 19.4. The normalized spacial score (nSPS) is 12.3. The largest absolute Gasteiger partial charge is 0.497 e. The molecule has 3 aromatic rings. The highest BCUT2D eigenvalue weighted by Crippen LogP contribution is 2.28. The molecule has 0 saturated heterocycles. The van der Waals surface area contributed by atoms with Gasteiger partial charge in [0.2, 0.25) is 5.95 Å². The van der Waals surface area contributed by atoms with E-state index in [1.165, 1.54) is 24.3 Å². The van der Waals surface area contributed by atoms with Gasteiger partial charge in [0.25, 0.3) is 5.91 Å². The minimum atomic E-state index is -4.50. The van der Waals surface area contributed by atoms with E-state index < -0.39 is 11.7 Å². The zero-order valence-electron chi connectivity index (χ0n) is 17.7. The van der Waals surface area contributed by atoms with Crippen molar-refractivity contribution in [2.24, 2.45) is 0 Å². The first-order valence-corrected chi connectivity index (χ1v) is 9.73. The van der Waals surface area contributed by atoms with E-state index in [-0.39, 0.29) is 24.4 Å². The number of alkyl halides is 3. The number of nitrogens with zero attached hydrogens (tertiary/aromatic N) is 6. The molecule has 0 aliphatic rings. The standard InChI is InChI=1S/C20H22F3N7O2/c1-4-29(13(2)10-24-19-25-11-14(12-26-19)20(21,22)23)18(31)16-9-15(32-3)5-6-17(16)30-27-7-8-28-30/h5-9,11-13H,4,10H2,1-3H3,(H,24,25,26). The van der Waals surface area contributed by atoms with E-state index in [9.17, 15) is 18.0 Å². The third-order valence-corrected chi connectivity index (χ3v) is 4.74. The van der Waals surface area contributed by atoms with Gasteiger partial charge in [0.1, 0.15) is 5.75 Å². The lowest BCUT2D eigenvalue weighted by molar-refractivity contribution is -0.138. The summed E-state index contributed by atoms with van der Waals surface area (Å²) in [6.45, 7) is 4.25. The highest BCUT2D eigenvalue weighted by Gasteiger charge is 2.31. The van der Waals surface area contributed by atoms with Crippen LogP contribution in [0.5, 0.6) is 5.75 Å². The summed E-state index contributed by atoms with van der Waals surface area (Å²) in [7, 11) is 1.50. The fourth-order valence-corrected chi connectivity index (χ4v) is 3.05. The fourth-order valence-electron chi connectivity index (χ4n) is 3.05. The zero-order chi connectivity index (χ0) is 23.3. The molecule has 0 fully saturated rings. The number of methoxy groups -OCH3 is 1. The molecule has 1 aromatic carbocycles. The molecular formula is C20H22F3N7O2. The second-order valence-electron chi connectivity index (χ2n) is 6.82. The Morgan fingerprint density at radius 3 is 2.44 bits per heavy atom. The van der Waals surface area contributed by atoms with Crippen LogP contribution in [-0.2, 0) is 6.18 Å². The molecule has 12 heteroatoms. The van der Waals surface area contributed by atoms with Crippen LogP contribution < -0.4 is 10.1 Å². The molecule has 0 bridgehead atoms. The number of nitrogens with one attached hydrogen (secondary N) is 1. The van der Waals surface area contributed by atoms with Gasteiger partial charge in [-0.15, -0.1) is 0 Å². The second-order valence-corrected chi connectivity index (χ2v) is 6.82. The topological polar surface area (TPSA) is 98.1 Å². The quantitative estimate of drug-likeness (QED) is 0.564. The Bertz CT molecular complexity index is 1040. The maximum absolute atomic E-state index is 13.4. The SMILES string of the molecule is CCN(C(=O)c1cc(OC)ccc1-n1nccn1)C(C)CNc1ncc(C(F)(F)F)cn1. The number of hydrogen-bond acceptors (Lipinski definition) is 7. The number of likely N-dealkylation sites (N-methyl/N-ethyl adjacent to an activating group) is 1. The smallest absolute Gasteiger partial charge is 0.419 e. The fraction of sp³-hybridized carbons (Fsp3) is 0.350. The van der Waals surface area contributed by atoms with E-state index in [1.54, 1.807) is 23.1 Å². The van der Waals surface area contributed by atoms with Gasteiger partial charge >= 0.3 is 6.18 Å². The van der Waals surface area contributed by atoms with Crippen molar-refractivity contribution in [2.45, 2.75) is 26.1 Å². The van der Waals surface area contributed by atoms with Crippen LogP contribution in [0.3, 0.4) is 0 Å². The zero-order valence-corrected chi connectivity index (χ0v) is 17.7. The molecule has 0 aliphatic heterocycles. The van der Waals surface area contributed by atoms with E-state index in [0.717, 1.165) is 0 Å². The second kappa shape index (κ2) is 9.62. The van der Waals surface area contributed by atoms with Gasteiger partial charge < -0.3 is 15.0 Å². The number of amides is 1. The minimum Gasteiger partial charge on any atom is -0.497 e. The molecular weight excluding hydrogens is 427 g/mol. The maximum atomic E-state index is 13.4. The van der Waals surface area contributed by atoms with Crippen LogP contribution in [0.1, 0.15) is 29.8 Å². The molecule has 3 rings (SSSR count). The number of carbonyl (C=O) groups excluding carboxylic acids is 1. The molecule has 2 heterocycles. The summed E-state index contributed by atoms with van der Waals surface area (Å²) < 4.78 is 43.2. The lowest BCUT2D eigenvalue weighted by Crippen LogP contribution is -2.42. The van der Waals surface area contributed by atoms with E-state index in [4.69, 9.17) is 4.74 Å². The Hall–Kier alpha value is -3.70. The summed E-state index contributed by atoms with van der Waals surface area (Å²) in [5, 5.41) is 11.1. The maximum Gasteiger partial charge on any atom is 0.419 e. The van der Waals surface area contributed by atoms with Gasteiger partial charge in [-0.2, -0.15) is 28.2 Å². The minimum absolute atomic E-state index is 0.0381. The van der Waals surface area contributed by atoms with Crippen LogP contribution in [0.4, 0.5) is 19.1 Å². The van der Waals surface area contributed by atoms with Crippen molar-refractivity contribution in [2.75, 3.05) is 25.5 Å². The molecule has 0 spiro atoms. The average Bonchev–Trinajstić information content (AvgIpc) is 3.32. The van der Waals surface area contributed by atoms with E-state index >= 15 is 0 Å². The van der Waals surface area contributed by atoms with E-state index in [0.29, 0.717) is 35.9 Å². The number of rotatable bonds is 8. The first kappa shape index (κ1) is 23.0. The van der Waals surface area contributed by atoms with Crippen molar-refractivity contribution < 1.29 is 22.7 Å². The van der Waals surface area contributed by atoms with Crippen LogP contribution in [0.25, 0.3) is 5.69 Å². The predicted molar refractivity (Wildman–Crippen MR) is 110 cm³/mol. The number of halogens is 3. The van der Waals surface area contributed by atoms with Crippen LogP contribution >= 0.6 is 0 Å². The third kappa shape index (κ3) is 5.13. The third-order valence-electron chi connectivity index (χ3n) is 4.74. The number of hydrogen-bond donors (Lipinski definition) is 1. The van der Waals surface area contributed by atoms with E-state index in [2.05, 4.69) is 25.5 Å². The molecule has 2 aromatic heterocycles. The van der Waals surface area contributed by atoms with Crippen molar-refractivity contribution in [3.63, 3.8) is 0 Å². The van der Waals surface area contributed by atoms with Crippen molar-refractivity contribution in [1.82, 2.24) is 29.9 Å². The molecule has 1 atom stereocenters. The Morgan fingerprint density at radius 1 is 1.22 bits per heavy atom. The van der Waals surface area contributed by atoms with Crippen molar-refractivity contribution in [1.29, 1.82) is 0 Å². The Morgan fingerprint density at radius 2 is 1.88 bits per heavy atom. The molecule has 32 heavy (non-hydrogen) atoms. The predicted octanol–water partition coefficient (Wildman–Crippen LogP) is 3.05. The van der Waals surface area contributed by atoms with Gasteiger partial charge in [-0.1, -0.05) is 0 Å². The number of anilines is 1. The van der Waals surface area contributed by atoms with Crippen LogP contribution in [0, 0.1) is 0 Å². The van der Waals surface area contributed by atoms with Gasteiger partial charge in [-0.25, -0.2) is 9.97 Å². The molecule has 170 valence electrons. The van der Waals surface area contributed by atoms with Crippen molar-refractivity contribution in [3.8, 4) is 11.4 Å².